The van der Waals surface area contributed by atoms with Gasteiger partial charge in [-0.05, 0) is 24.7 Å². The Morgan fingerprint density at radius 2 is 2.27 bits per heavy atom. The fourth-order valence-corrected chi connectivity index (χ4v) is 1.52. The zero-order chi connectivity index (χ0) is 8.27. The van der Waals surface area contributed by atoms with Gasteiger partial charge in [-0.3, -0.25) is 4.79 Å². The topological polar surface area (TPSA) is 26.3 Å². The Bertz CT molecular complexity index is 142. The summed E-state index contributed by atoms with van der Waals surface area (Å²) < 4.78 is 4.85. The fraction of sp³-hybridized carbons (Fsp3) is 0.889. The molecule has 0 aromatic carbocycles. The second-order valence-corrected chi connectivity index (χ2v) is 3.29. The molecule has 0 aromatic rings. The number of carbonyl (C=O) groups excluding carboxylic acids is 1. The zero-order valence-corrected chi connectivity index (χ0v) is 7.30. The summed E-state index contributed by atoms with van der Waals surface area (Å²) in [6.07, 6.45) is 3.70. The van der Waals surface area contributed by atoms with Gasteiger partial charge in [0.05, 0.1) is 6.61 Å². The van der Waals surface area contributed by atoms with Crippen molar-refractivity contribution in [1.82, 2.24) is 0 Å². The minimum Gasteiger partial charge on any atom is -0.466 e. The smallest absolute Gasteiger partial charge is 0.302 e. The van der Waals surface area contributed by atoms with E-state index in [2.05, 4.69) is 6.92 Å². The lowest BCUT2D eigenvalue weighted by molar-refractivity contribution is -0.141. The molecule has 0 aromatic heterocycles. The first-order chi connectivity index (χ1) is 5.24. The second-order valence-electron chi connectivity index (χ2n) is 3.29. The highest BCUT2D eigenvalue weighted by molar-refractivity contribution is 5.65. The molecule has 0 radical (unpaired) electrons. The monoisotopic (exact) mass is 156 g/mol. The van der Waals surface area contributed by atoms with Gasteiger partial charge in [-0.15, -0.1) is 0 Å². The lowest BCUT2D eigenvalue weighted by Crippen LogP contribution is -2.01. The summed E-state index contributed by atoms with van der Waals surface area (Å²) in [5, 5.41) is 0. The summed E-state index contributed by atoms with van der Waals surface area (Å²) in [5.41, 5.74) is 0. The van der Waals surface area contributed by atoms with Crippen molar-refractivity contribution in [3.8, 4) is 0 Å². The van der Waals surface area contributed by atoms with Crippen LogP contribution in [0.15, 0.2) is 0 Å². The molecular formula is C9H16O2. The maximum absolute atomic E-state index is 10.4. The summed E-state index contributed by atoms with van der Waals surface area (Å²) in [5.74, 6) is 1.61. The Hall–Kier alpha value is -0.530. The predicted molar refractivity (Wildman–Crippen MR) is 43.1 cm³/mol. The molecule has 0 N–H and O–H groups in total. The van der Waals surface area contributed by atoms with E-state index in [0.29, 0.717) is 6.61 Å². The van der Waals surface area contributed by atoms with E-state index < -0.39 is 0 Å². The number of ether oxygens (including phenoxy) is 1. The molecule has 0 aliphatic heterocycles. The molecule has 1 rings (SSSR count). The molecular weight excluding hydrogens is 140 g/mol. The Kier molecular flexibility index (Phi) is 2.92. The molecule has 1 aliphatic rings. The summed E-state index contributed by atoms with van der Waals surface area (Å²) in [7, 11) is 0. The number of carbonyl (C=O) groups is 1. The van der Waals surface area contributed by atoms with Gasteiger partial charge in [0.15, 0.2) is 0 Å². The minimum atomic E-state index is -0.154. The Labute approximate surface area is 67.9 Å². The van der Waals surface area contributed by atoms with Crippen molar-refractivity contribution >= 4 is 5.97 Å². The lowest BCUT2D eigenvalue weighted by atomic mass is 10.2. The maximum Gasteiger partial charge on any atom is 0.302 e. The van der Waals surface area contributed by atoms with Gasteiger partial charge < -0.3 is 4.74 Å². The van der Waals surface area contributed by atoms with Gasteiger partial charge in [0, 0.05) is 6.92 Å². The van der Waals surface area contributed by atoms with Crippen molar-refractivity contribution in [3.63, 3.8) is 0 Å². The van der Waals surface area contributed by atoms with Crippen molar-refractivity contribution in [2.24, 2.45) is 11.8 Å². The van der Waals surface area contributed by atoms with Crippen molar-refractivity contribution < 1.29 is 9.53 Å². The Balaban J connectivity index is 1.93. The van der Waals surface area contributed by atoms with E-state index in [-0.39, 0.29) is 5.97 Å². The molecule has 0 saturated heterocycles. The highest BCUT2D eigenvalue weighted by Crippen LogP contribution is 2.43. The van der Waals surface area contributed by atoms with Gasteiger partial charge in [0.2, 0.25) is 0 Å². The van der Waals surface area contributed by atoms with Gasteiger partial charge >= 0.3 is 5.97 Å². The molecule has 0 spiro atoms. The molecule has 11 heavy (non-hydrogen) atoms. The van der Waals surface area contributed by atoms with Crippen LogP contribution >= 0.6 is 0 Å². The highest BCUT2D eigenvalue weighted by Gasteiger charge is 2.34. The number of hydrogen-bond acceptors (Lipinski definition) is 2. The van der Waals surface area contributed by atoms with Crippen molar-refractivity contribution in [3.05, 3.63) is 0 Å². The van der Waals surface area contributed by atoms with Crippen molar-refractivity contribution in [2.75, 3.05) is 6.61 Å². The van der Waals surface area contributed by atoms with Crippen LogP contribution in [0.5, 0.6) is 0 Å². The lowest BCUT2D eigenvalue weighted by Gasteiger charge is -1.99. The number of rotatable bonds is 4. The van der Waals surface area contributed by atoms with Crippen LogP contribution in [-0.4, -0.2) is 12.6 Å². The van der Waals surface area contributed by atoms with Crippen LogP contribution in [-0.2, 0) is 9.53 Å². The third kappa shape index (κ3) is 2.91. The average Bonchev–Trinajstić information content (AvgIpc) is 2.66. The van der Waals surface area contributed by atoms with Gasteiger partial charge in [0.1, 0.15) is 0 Å². The van der Waals surface area contributed by atoms with Crippen LogP contribution in [0.4, 0.5) is 0 Å². The van der Waals surface area contributed by atoms with Crippen LogP contribution in [0, 0.1) is 11.8 Å². The summed E-state index contributed by atoms with van der Waals surface area (Å²) in [4.78, 5) is 10.4. The van der Waals surface area contributed by atoms with Gasteiger partial charge in [-0.2, -0.15) is 0 Å². The van der Waals surface area contributed by atoms with E-state index in [4.69, 9.17) is 4.74 Å². The summed E-state index contributed by atoms with van der Waals surface area (Å²) >= 11 is 0. The molecule has 64 valence electrons. The van der Waals surface area contributed by atoms with Gasteiger partial charge in [0.25, 0.3) is 0 Å². The zero-order valence-electron chi connectivity index (χ0n) is 7.30. The van der Waals surface area contributed by atoms with Crippen LogP contribution in [0.3, 0.4) is 0 Å². The molecule has 2 atom stereocenters. The van der Waals surface area contributed by atoms with Crippen LogP contribution < -0.4 is 0 Å². The third-order valence-corrected chi connectivity index (χ3v) is 2.39. The summed E-state index contributed by atoms with van der Waals surface area (Å²) in [6.45, 7) is 4.30. The van der Waals surface area contributed by atoms with Crippen molar-refractivity contribution in [2.45, 2.75) is 33.1 Å². The maximum atomic E-state index is 10.4. The number of esters is 1. The molecule has 1 fully saturated rings. The van der Waals surface area contributed by atoms with E-state index >= 15 is 0 Å². The van der Waals surface area contributed by atoms with Crippen molar-refractivity contribution in [1.29, 1.82) is 0 Å². The quantitative estimate of drug-likeness (QED) is 0.582. The van der Waals surface area contributed by atoms with Gasteiger partial charge in [-0.1, -0.05) is 13.3 Å². The Morgan fingerprint density at radius 3 is 2.73 bits per heavy atom. The molecule has 1 aliphatic carbocycles. The SMILES string of the molecule is CC[C@H]1C[C@H]1CCOC(C)=O. The molecule has 0 amide bonds. The molecule has 0 heterocycles. The first-order valence-corrected chi connectivity index (χ1v) is 4.37. The molecule has 0 bridgehead atoms. The molecule has 2 heteroatoms. The first kappa shape index (κ1) is 8.57. The number of hydrogen-bond donors (Lipinski definition) is 0. The van der Waals surface area contributed by atoms with Crippen LogP contribution in [0.1, 0.15) is 33.1 Å². The first-order valence-electron chi connectivity index (χ1n) is 4.37. The highest BCUT2D eigenvalue weighted by atomic mass is 16.5. The van der Waals surface area contributed by atoms with E-state index in [1.807, 2.05) is 0 Å². The molecule has 1 saturated carbocycles. The van der Waals surface area contributed by atoms with Crippen LogP contribution in [0.2, 0.25) is 0 Å². The third-order valence-electron chi connectivity index (χ3n) is 2.39. The Morgan fingerprint density at radius 1 is 1.55 bits per heavy atom. The average molecular weight is 156 g/mol. The van der Waals surface area contributed by atoms with E-state index in [0.717, 1.165) is 18.3 Å². The van der Waals surface area contributed by atoms with E-state index in [9.17, 15) is 4.79 Å². The largest absolute Gasteiger partial charge is 0.466 e. The summed E-state index contributed by atoms with van der Waals surface area (Å²) in [6, 6.07) is 0. The fourth-order valence-electron chi connectivity index (χ4n) is 1.52. The molecule has 2 nitrogen and oxygen atoms in total. The second kappa shape index (κ2) is 3.74. The van der Waals surface area contributed by atoms with E-state index in [1.54, 1.807) is 0 Å². The standard InChI is InChI=1S/C9H16O2/c1-3-8-6-9(8)4-5-11-7(2)10/h8-9H,3-6H2,1-2H3/t8-,9+/m0/s1. The molecule has 0 unspecified atom stereocenters. The normalized spacial score (nSPS) is 28.2. The minimum absolute atomic E-state index is 0.154. The van der Waals surface area contributed by atoms with Gasteiger partial charge in [-0.25, -0.2) is 0 Å². The van der Waals surface area contributed by atoms with E-state index in [1.165, 1.54) is 19.8 Å². The van der Waals surface area contributed by atoms with Crippen LogP contribution in [0.25, 0.3) is 0 Å². The predicted octanol–water partition coefficient (Wildman–Crippen LogP) is 1.99.